The first-order valence-electron chi connectivity index (χ1n) is 7.20. The van der Waals surface area contributed by atoms with Crippen molar-refractivity contribution in [1.82, 2.24) is 9.97 Å². The van der Waals surface area contributed by atoms with E-state index in [4.69, 9.17) is 0 Å². The van der Waals surface area contributed by atoms with Crippen LogP contribution in [0.15, 0.2) is 54.9 Å². The highest BCUT2D eigenvalue weighted by Gasteiger charge is 2.05. The van der Waals surface area contributed by atoms with E-state index in [1.54, 1.807) is 6.20 Å². The Labute approximate surface area is 125 Å². The van der Waals surface area contributed by atoms with Gasteiger partial charge in [0.15, 0.2) is 0 Å². The summed E-state index contributed by atoms with van der Waals surface area (Å²) in [6.45, 7) is 2.89. The highest BCUT2D eigenvalue weighted by Crippen LogP contribution is 2.19. The van der Waals surface area contributed by atoms with Gasteiger partial charge in [-0.1, -0.05) is 42.5 Å². The maximum Gasteiger partial charge on any atom is 0.147 e. The van der Waals surface area contributed by atoms with Gasteiger partial charge in [0, 0.05) is 19.8 Å². The number of likely N-dealkylation sites (N-methyl/N-ethyl adjacent to an activating group) is 1. The predicted octanol–water partition coefficient (Wildman–Crippen LogP) is 3.62. The average Bonchev–Trinajstić information content (AvgIpc) is 2.52. The second-order valence-electron chi connectivity index (χ2n) is 5.33. The van der Waals surface area contributed by atoms with Crippen molar-refractivity contribution in [3.8, 4) is 0 Å². The minimum atomic E-state index is 0.923. The number of anilines is 1. The van der Waals surface area contributed by atoms with E-state index in [1.165, 1.54) is 16.3 Å². The third-order valence-corrected chi connectivity index (χ3v) is 3.73. The zero-order valence-corrected chi connectivity index (χ0v) is 12.5. The van der Waals surface area contributed by atoms with E-state index in [-0.39, 0.29) is 0 Å². The number of fused-ring (bicyclic) bond motifs is 1. The summed E-state index contributed by atoms with van der Waals surface area (Å²) in [5.74, 6) is 0.926. The fourth-order valence-corrected chi connectivity index (χ4v) is 2.55. The van der Waals surface area contributed by atoms with E-state index in [0.717, 1.165) is 24.5 Å². The maximum absolute atomic E-state index is 4.51. The monoisotopic (exact) mass is 277 g/mol. The molecule has 0 radical (unpaired) electrons. The van der Waals surface area contributed by atoms with Crippen molar-refractivity contribution in [2.24, 2.45) is 0 Å². The Hall–Kier alpha value is -2.42. The molecule has 1 aromatic heterocycles. The second kappa shape index (κ2) is 5.92. The van der Waals surface area contributed by atoms with Crippen molar-refractivity contribution in [3.63, 3.8) is 0 Å². The van der Waals surface area contributed by atoms with Gasteiger partial charge in [-0.15, -0.1) is 0 Å². The first-order chi connectivity index (χ1) is 10.2. The summed E-state index contributed by atoms with van der Waals surface area (Å²) in [7, 11) is 2.06. The molecular formula is C18H19N3. The van der Waals surface area contributed by atoms with Crippen LogP contribution >= 0.6 is 0 Å². The van der Waals surface area contributed by atoms with Crippen molar-refractivity contribution >= 4 is 16.6 Å². The zero-order valence-electron chi connectivity index (χ0n) is 12.5. The largest absolute Gasteiger partial charge is 0.358 e. The highest BCUT2D eigenvalue weighted by atomic mass is 15.2. The molecule has 3 nitrogen and oxygen atoms in total. The minimum Gasteiger partial charge on any atom is -0.358 e. The molecule has 0 fully saturated rings. The fourth-order valence-electron chi connectivity index (χ4n) is 2.55. The molecular weight excluding hydrogens is 258 g/mol. The Balaban J connectivity index is 1.77. The molecule has 0 aliphatic heterocycles. The van der Waals surface area contributed by atoms with E-state index in [9.17, 15) is 0 Å². The highest BCUT2D eigenvalue weighted by molar-refractivity contribution is 5.85. The molecule has 0 atom stereocenters. The SMILES string of the molecule is Cc1cncc(N(C)CCc2cccc3ccccc23)n1. The quantitative estimate of drug-likeness (QED) is 0.729. The lowest BCUT2D eigenvalue weighted by molar-refractivity contribution is 0.853. The van der Waals surface area contributed by atoms with Crippen LogP contribution in [-0.2, 0) is 6.42 Å². The Bertz CT molecular complexity index is 747. The lowest BCUT2D eigenvalue weighted by Gasteiger charge is -2.18. The van der Waals surface area contributed by atoms with Crippen molar-refractivity contribution in [3.05, 3.63) is 66.1 Å². The molecule has 0 bridgehead atoms. The number of hydrogen-bond donors (Lipinski definition) is 0. The first kappa shape index (κ1) is 13.6. The van der Waals surface area contributed by atoms with Crippen molar-refractivity contribution in [2.75, 3.05) is 18.5 Å². The zero-order chi connectivity index (χ0) is 14.7. The minimum absolute atomic E-state index is 0.923. The standard InChI is InChI=1S/C18H19N3/c1-14-12-19-13-18(20-14)21(2)11-10-16-8-5-7-15-6-3-4-9-17(15)16/h3-9,12-13H,10-11H2,1-2H3. The van der Waals surface area contributed by atoms with Crippen LogP contribution < -0.4 is 4.90 Å². The van der Waals surface area contributed by atoms with Crippen LogP contribution in [0.3, 0.4) is 0 Å². The molecule has 3 rings (SSSR count). The molecule has 3 heteroatoms. The molecule has 0 aliphatic carbocycles. The molecule has 0 aliphatic rings. The summed E-state index contributed by atoms with van der Waals surface area (Å²) in [5, 5.41) is 2.64. The average molecular weight is 277 g/mol. The second-order valence-corrected chi connectivity index (χ2v) is 5.33. The molecule has 0 unspecified atom stereocenters. The van der Waals surface area contributed by atoms with Gasteiger partial charge in [-0.3, -0.25) is 4.98 Å². The van der Waals surface area contributed by atoms with Gasteiger partial charge in [0.05, 0.1) is 11.9 Å². The topological polar surface area (TPSA) is 29.0 Å². The summed E-state index contributed by atoms with van der Waals surface area (Å²) >= 11 is 0. The van der Waals surface area contributed by atoms with Gasteiger partial charge in [0.2, 0.25) is 0 Å². The van der Waals surface area contributed by atoms with E-state index < -0.39 is 0 Å². The lowest BCUT2D eigenvalue weighted by Crippen LogP contribution is -2.21. The Morgan fingerprint density at radius 3 is 2.67 bits per heavy atom. The van der Waals surface area contributed by atoms with E-state index in [1.807, 2.05) is 13.1 Å². The fraction of sp³-hybridized carbons (Fsp3) is 0.222. The van der Waals surface area contributed by atoms with Gasteiger partial charge in [-0.2, -0.15) is 0 Å². The molecule has 0 saturated heterocycles. The van der Waals surface area contributed by atoms with Gasteiger partial charge < -0.3 is 4.90 Å². The summed E-state index contributed by atoms with van der Waals surface area (Å²) in [6.07, 6.45) is 4.59. The van der Waals surface area contributed by atoms with Crippen molar-refractivity contribution in [1.29, 1.82) is 0 Å². The third-order valence-electron chi connectivity index (χ3n) is 3.73. The third kappa shape index (κ3) is 3.02. The number of rotatable bonds is 4. The van der Waals surface area contributed by atoms with Gasteiger partial charge >= 0.3 is 0 Å². The van der Waals surface area contributed by atoms with Crippen molar-refractivity contribution < 1.29 is 0 Å². The number of nitrogens with zero attached hydrogens (tertiary/aromatic N) is 3. The summed E-state index contributed by atoms with van der Waals surface area (Å²) in [4.78, 5) is 10.9. The number of benzene rings is 2. The molecule has 21 heavy (non-hydrogen) atoms. The molecule has 0 spiro atoms. The molecule has 0 saturated carbocycles. The predicted molar refractivity (Wildman–Crippen MR) is 87.7 cm³/mol. The van der Waals surface area contributed by atoms with Gasteiger partial charge in [-0.05, 0) is 29.7 Å². The molecule has 0 N–H and O–H groups in total. The summed E-state index contributed by atoms with van der Waals surface area (Å²) < 4.78 is 0. The Kier molecular flexibility index (Phi) is 3.82. The molecule has 1 heterocycles. The van der Waals surface area contributed by atoms with E-state index >= 15 is 0 Å². The Morgan fingerprint density at radius 2 is 1.81 bits per heavy atom. The summed E-state index contributed by atoms with van der Waals surface area (Å²) in [5.41, 5.74) is 2.32. The van der Waals surface area contributed by atoms with Crippen molar-refractivity contribution in [2.45, 2.75) is 13.3 Å². The lowest BCUT2D eigenvalue weighted by atomic mass is 10.0. The number of aromatic nitrogens is 2. The van der Waals surface area contributed by atoms with Crippen LogP contribution in [0.2, 0.25) is 0 Å². The van der Waals surface area contributed by atoms with E-state index in [0.29, 0.717) is 0 Å². The van der Waals surface area contributed by atoms with Gasteiger partial charge in [0.25, 0.3) is 0 Å². The molecule has 106 valence electrons. The maximum atomic E-state index is 4.51. The number of aryl methyl sites for hydroxylation is 1. The first-order valence-corrected chi connectivity index (χ1v) is 7.20. The van der Waals surface area contributed by atoms with E-state index in [2.05, 4.69) is 64.4 Å². The van der Waals surface area contributed by atoms with Crippen LogP contribution in [0.25, 0.3) is 10.8 Å². The molecule has 0 amide bonds. The molecule has 3 aromatic rings. The van der Waals surface area contributed by atoms with Crippen LogP contribution in [0.5, 0.6) is 0 Å². The summed E-state index contributed by atoms with van der Waals surface area (Å²) in [6, 6.07) is 15.0. The van der Waals surface area contributed by atoms with Gasteiger partial charge in [-0.25, -0.2) is 4.98 Å². The number of hydrogen-bond acceptors (Lipinski definition) is 3. The van der Waals surface area contributed by atoms with Crippen LogP contribution in [0, 0.1) is 6.92 Å². The Morgan fingerprint density at radius 1 is 1.00 bits per heavy atom. The van der Waals surface area contributed by atoms with Crippen LogP contribution in [0.4, 0.5) is 5.82 Å². The van der Waals surface area contributed by atoms with Gasteiger partial charge in [0.1, 0.15) is 5.82 Å². The smallest absolute Gasteiger partial charge is 0.147 e. The normalized spacial score (nSPS) is 10.8. The van der Waals surface area contributed by atoms with Crippen LogP contribution in [-0.4, -0.2) is 23.6 Å². The van der Waals surface area contributed by atoms with Crippen LogP contribution in [0.1, 0.15) is 11.3 Å². The molecule has 2 aromatic carbocycles.